The number of nitrogens with one attached hydrogen (secondary N) is 1. The maximum Gasteiger partial charge on any atom is 0.229 e. The molecule has 1 atom stereocenters. The highest BCUT2D eigenvalue weighted by Crippen LogP contribution is 2.25. The summed E-state index contributed by atoms with van der Waals surface area (Å²) >= 11 is 0. The fourth-order valence-electron chi connectivity index (χ4n) is 3.64. The van der Waals surface area contributed by atoms with E-state index < -0.39 is 23.4 Å². The highest BCUT2D eigenvalue weighted by molar-refractivity contribution is 5.93. The summed E-state index contributed by atoms with van der Waals surface area (Å²) in [6, 6.07) is 13.3. The van der Waals surface area contributed by atoms with Crippen molar-refractivity contribution in [2.45, 2.75) is 19.8 Å². The molecular formula is C23H21F3N4O. The van der Waals surface area contributed by atoms with Gasteiger partial charge in [0.15, 0.2) is 23.3 Å². The summed E-state index contributed by atoms with van der Waals surface area (Å²) < 4.78 is 39.9. The second-order valence-corrected chi connectivity index (χ2v) is 7.67. The zero-order chi connectivity index (χ0) is 22.0. The third kappa shape index (κ3) is 4.68. The molecule has 31 heavy (non-hydrogen) atoms. The average molecular weight is 426 g/mol. The van der Waals surface area contributed by atoms with Gasteiger partial charge in [-0.15, -0.1) is 10.2 Å². The maximum absolute atomic E-state index is 13.4. The number of amides is 1. The van der Waals surface area contributed by atoms with Crippen LogP contribution in [0.3, 0.4) is 0 Å². The van der Waals surface area contributed by atoms with E-state index in [2.05, 4.69) is 15.5 Å². The molecule has 0 saturated carbocycles. The summed E-state index contributed by atoms with van der Waals surface area (Å²) in [5, 5.41) is 11.1. The van der Waals surface area contributed by atoms with E-state index >= 15 is 0 Å². The Bertz CT molecular complexity index is 1060. The van der Waals surface area contributed by atoms with Gasteiger partial charge >= 0.3 is 0 Å². The number of rotatable bonds is 4. The molecule has 0 aliphatic carbocycles. The molecule has 1 aromatic heterocycles. The van der Waals surface area contributed by atoms with Gasteiger partial charge in [0, 0.05) is 36.5 Å². The van der Waals surface area contributed by atoms with Crippen molar-refractivity contribution in [1.82, 2.24) is 10.2 Å². The van der Waals surface area contributed by atoms with Crippen LogP contribution in [0.5, 0.6) is 0 Å². The number of nitrogens with zero attached hydrogens (tertiary/aromatic N) is 3. The Kier molecular flexibility index (Phi) is 5.88. The predicted molar refractivity (Wildman–Crippen MR) is 112 cm³/mol. The quantitative estimate of drug-likeness (QED) is 0.613. The monoisotopic (exact) mass is 426 g/mol. The lowest BCUT2D eigenvalue weighted by Crippen LogP contribution is -2.41. The molecule has 0 bridgehead atoms. The van der Waals surface area contributed by atoms with Crippen molar-refractivity contribution in [3.05, 3.63) is 71.5 Å². The third-order valence-electron chi connectivity index (χ3n) is 5.37. The highest BCUT2D eigenvalue weighted by atomic mass is 19.2. The van der Waals surface area contributed by atoms with E-state index in [-0.39, 0.29) is 11.6 Å². The van der Waals surface area contributed by atoms with Gasteiger partial charge in [-0.25, -0.2) is 13.2 Å². The molecule has 0 radical (unpaired) electrons. The van der Waals surface area contributed by atoms with Gasteiger partial charge < -0.3 is 10.2 Å². The molecule has 1 amide bonds. The van der Waals surface area contributed by atoms with E-state index in [9.17, 15) is 18.0 Å². The van der Waals surface area contributed by atoms with Crippen LogP contribution < -0.4 is 10.2 Å². The number of aromatic nitrogens is 2. The lowest BCUT2D eigenvalue weighted by Gasteiger charge is -2.32. The first kappa shape index (κ1) is 20.8. The Hall–Kier alpha value is -3.42. The Morgan fingerprint density at radius 2 is 1.74 bits per heavy atom. The number of hydrogen-bond acceptors (Lipinski definition) is 4. The number of halogens is 3. The SMILES string of the molecule is Cc1ccc(-c2ccc(N3CCC[C@@H](C(=O)Nc4cc(F)c(F)c(F)c4)C3)nn2)cc1. The molecule has 0 unspecified atom stereocenters. The Morgan fingerprint density at radius 1 is 1.03 bits per heavy atom. The number of benzene rings is 2. The molecular weight excluding hydrogens is 405 g/mol. The van der Waals surface area contributed by atoms with Crippen molar-refractivity contribution in [3.8, 4) is 11.3 Å². The maximum atomic E-state index is 13.4. The topological polar surface area (TPSA) is 58.1 Å². The van der Waals surface area contributed by atoms with Gasteiger partial charge in [0.1, 0.15) is 0 Å². The van der Waals surface area contributed by atoms with Crippen LogP contribution in [0.15, 0.2) is 48.5 Å². The minimum Gasteiger partial charge on any atom is -0.354 e. The van der Waals surface area contributed by atoms with E-state index in [1.54, 1.807) is 0 Å². The molecule has 0 spiro atoms. The Morgan fingerprint density at radius 3 is 2.39 bits per heavy atom. The zero-order valence-corrected chi connectivity index (χ0v) is 16.9. The molecule has 5 nitrogen and oxygen atoms in total. The lowest BCUT2D eigenvalue weighted by atomic mass is 9.97. The van der Waals surface area contributed by atoms with Crippen LogP contribution >= 0.6 is 0 Å². The van der Waals surface area contributed by atoms with Crippen molar-refractivity contribution in [3.63, 3.8) is 0 Å². The van der Waals surface area contributed by atoms with Crippen molar-refractivity contribution in [1.29, 1.82) is 0 Å². The standard InChI is InChI=1S/C23H21F3N4O/c1-14-4-6-15(7-5-14)20-8-9-21(29-28-20)30-10-2-3-16(13-30)23(31)27-17-11-18(24)22(26)19(25)12-17/h4-9,11-12,16H,2-3,10,13H2,1H3,(H,27,31)/t16-/m1/s1. The normalized spacial score (nSPS) is 16.3. The molecule has 2 aromatic carbocycles. The molecule has 4 rings (SSSR count). The van der Waals surface area contributed by atoms with Crippen LogP contribution in [0.2, 0.25) is 0 Å². The molecule has 1 aliphatic rings. The molecule has 1 fully saturated rings. The van der Waals surface area contributed by atoms with Gasteiger partial charge in [0.25, 0.3) is 0 Å². The van der Waals surface area contributed by atoms with Gasteiger partial charge in [-0.05, 0) is 31.9 Å². The van der Waals surface area contributed by atoms with Crippen LogP contribution in [0.4, 0.5) is 24.7 Å². The van der Waals surface area contributed by atoms with Crippen LogP contribution in [-0.2, 0) is 4.79 Å². The van der Waals surface area contributed by atoms with Gasteiger partial charge in [-0.1, -0.05) is 29.8 Å². The van der Waals surface area contributed by atoms with E-state index in [0.29, 0.717) is 18.8 Å². The molecule has 3 aromatic rings. The summed E-state index contributed by atoms with van der Waals surface area (Å²) in [6.45, 7) is 3.14. The summed E-state index contributed by atoms with van der Waals surface area (Å²) in [5.41, 5.74) is 2.78. The third-order valence-corrected chi connectivity index (χ3v) is 5.37. The number of aryl methyl sites for hydroxylation is 1. The Balaban J connectivity index is 1.43. The summed E-state index contributed by atoms with van der Waals surface area (Å²) in [6.07, 6.45) is 1.38. The van der Waals surface area contributed by atoms with Crippen molar-refractivity contribution >= 4 is 17.4 Å². The van der Waals surface area contributed by atoms with Gasteiger partial charge in [-0.3, -0.25) is 4.79 Å². The van der Waals surface area contributed by atoms with Gasteiger partial charge in [0.2, 0.25) is 5.91 Å². The largest absolute Gasteiger partial charge is 0.354 e. The minimum atomic E-state index is -1.56. The predicted octanol–water partition coefficient (Wildman–Crippen LogP) is 4.72. The van der Waals surface area contributed by atoms with Crippen LogP contribution in [-0.4, -0.2) is 29.2 Å². The molecule has 2 heterocycles. The van der Waals surface area contributed by atoms with Gasteiger partial charge in [-0.2, -0.15) is 0 Å². The highest BCUT2D eigenvalue weighted by Gasteiger charge is 2.27. The van der Waals surface area contributed by atoms with Gasteiger partial charge in [0.05, 0.1) is 11.6 Å². The fourth-order valence-corrected chi connectivity index (χ4v) is 3.64. The summed E-state index contributed by atoms with van der Waals surface area (Å²) in [5.74, 6) is -4.36. The number of anilines is 2. The minimum absolute atomic E-state index is 0.110. The second kappa shape index (κ2) is 8.75. The van der Waals surface area contributed by atoms with E-state index in [0.717, 1.165) is 41.9 Å². The molecule has 1 aliphatic heterocycles. The average Bonchev–Trinajstić information content (AvgIpc) is 2.78. The molecule has 8 heteroatoms. The summed E-state index contributed by atoms with van der Waals surface area (Å²) in [7, 11) is 0. The van der Waals surface area contributed by atoms with Crippen LogP contribution in [0.1, 0.15) is 18.4 Å². The van der Waals surface area contributed by atoms with Crippen LogP contribution in [0.25, 0.3) is 11.3 Å². The number of carbonyl (C=O) groups is 1. The summed E-state index contributed by atoms with van der Waals surface area (Å²) in [4.78, 5) is 14.6. The molecule has 1 saturated heterocycles. The van der Waals surface area contributed by atoms with E-state index in [1.165, 1.54) is 0 Å². The van der Waals surface area contributed by atoms with E-state index in [4.69, 9.17) is 0 Å². The zero-order valence-electron chi connectivity index (χ0n) is 16.9. The Labute approximate surface area is 177 Å². The lowest BCUT2D eigenvalue weighted by molar-refractivity contribution is -0.120. The first-order valence-corrected chi connectivity index (χ1v) is 10.0. The van der Waals surface area contributed by atoms with Crippen molar-refractivity contribution < 1.29 is 18.0 Å². The molecule has 160 valence electrons. The first-order valence-electron chi connectivity index (χ1n) is 10.0. The fraction of sp³-hybridized carbons (Fsp3) is 0.261. The van der Waals surface area contributed by atoms with Crippen molar-refractivity contribution in [2.24, 2.45) is 5.92 Å². The second-order valence-electron chi connectivity index (χ2n) is 7.67. The smallest absolute Gasteiger partial charge is 0.229 e. The van der Waals surface area contributed by atoms with E-state index in [1.807, 2.05) is 48.2 Å². The number of hydrogen-bond donors (Lipinski definition) is 1. The first-order chi connectivity index (χ1) is 14.9. The number of carbonyl (C=O) groups excluding carboxylic acids is 1. The molecule has 1 N–H and O–H groups in total. The van der Waals surface area contributed by atoms with Crippen LogP contribution in [0, 0.1) is 30.3 Å². The number of piperidine rings is 1. The van der Waals surface area contributed by atoms with Crippen molar-refractivity contribution in [2.75, 3.05) is 23.3 Å².